The van der Waals surface area contributed by atoms with Crippen LogP contribution in [-0.4, -0.2) is 144 Å². The van der Waals surface area contributed by atoms with Crippen molar-refractivity contribution < 1.29 is 48.3 Å². The van der Waals surface area contributed by atoms with Crippen molar-refractivity contribution in [3.05, 3.63) is 71.9 Å². The van der Waals surface area contributed by atoms with E-state index in [1.807, 2.05) is 18.2 Å². The molecule has 3 aromatic rings. The molecule has 1 aromatic heterocycles. The lowest BCUT2D eigenvalue weighted by molar-refractivity contribution is -0.142. The quantitative estimate of drug-likeness (QED) is 0.0323. The lowest BCUT2D eigenvalue weighted by atomic mass is 10.0. The molecular formula is C49H72N16O10. The molecule has 2 heterocycles. The second-order valence-corrected chi connectivity index (χ2v) is 18.1. The van der Waals surface area contributed by atoms with Crippen LogP contribution in [0.1, 0.15) is 82.3 Å². The Kier molecular flexibility index (Phi) is 24.2. The van der Waals surface area contributed by atoms with E-state index in [2.05, 4.69) is 57.5 Å². The van der Waals surface area contributed by atoms with Crippen LogP contribution in [0.4, 0.5) is 0 Å². The van der Waals surface area contributed by atoms with Gasteiger partial charge in [0.25, 0.3) is 0 Å². The number of nitrogens with one attached hydrogen (secondary N) is 9. The first kappa shape index (κ1) is 59.3. The summed E-state index contributed by atoms with van der Waals surface area (Å²) in [4.78, 5) is 135. The number of guanidine groups is 2. The first-order valence-electron chi connectivity index (χ1n) is 24.8. The summed E-state index contributed by atoms with van der Waals surface area (Å²) in [6, 6.07) is 6.20. The summed E-state index contributed by atoms with van der Waals surface area (Å²) in [5.74, 6) is -7.97. The zero-order chi connectivity index (χ0) is 54.9. The topological polar surface area (TPSA) is 441 Å². The van der Waals surface area contributed by atoms with Crippen molar-refractivity contribution >= 4 is 76.0 Å². The molecule has 0 radical (unpaired) electrons. The van der Waals surface area contributed by atoms with Gasteiger partial charge in [-0.1, -0.05) is 48.5 Å². The number of carbonyl (C=O) groups excluding carboxylic acids is 8. The lowest BCUT2D eigenvalue weighted by Crippen LogP contribution is -2.60. The smallest absolute Gasteiger partial charge is 0.326 e. The predicted octanol–water partition coefficient (Wildman–Crippen LogP) is -3.01. The number of fused-ring (bicyclic) bond motifs is 1. The van der Waals surface area contributed by atoms with E-state index >= 15 is 0 Å². The summed E-state index contributed by atoms with van der Waals surface area (Å²) in [5, 5.41) is 32.2. The van der Waals surface area contributed by atoms with Crippen LogP contribution in [0, 0.1) is 0 Å². The first-order valence-corrected chi connectivity index (χ1v) is 24.8. The van der Waals surface area contributed by atoms with Gasteiger partial charge in [-0.3, -0.25) is 48.3 Å². The molecule has 1 fully saturated rings. The third-order valence-corrected chi connectivity index (χ3v) is 12.1. The second kappa shape index (κ2) is 30.7. The van der Waals surface area contributed by atoms with E-state index in [-0.39, 0.29) is 115 Å². The molecule has 0 spiro atoms. The van der Waals surface area contributed by atoms with Gasteiger partial charge in [0, 0.05) is 62.9 Å². The second-order valence-electron chi connectivity index (χ2n) is 18.1. The van der Waals surface area contributed by atoms with Gasteiger partial charge in [0.2, 0.25) is 47.3 Å². The minimum atomic E-state index is -1.48. The molecule has 408 valence electrons. The minimum Gasteiger partial charge on any atom is -0.480 e. The van der Waals surface area contributed by atoms with Gasteiger partial charge < -0.3 is 81.3 Å². The molecule has 75 heavy (non-hydrogen) atoms. The third kappa shape index (κ3) is 20.6. The molecule has 0 saturated carbocycles. The van der Waals surface area contributed by atoms with Gasteiger partial charge in [-0.05, 0) is 81.5 Å². The first-order chi connectivity index (χ1) is 35.8. The van der Waals surface area contributed by atoms with Crippen molar-refractivity contribution in [2.24, 2.45) is 38.7 Å². The van der Waals surface area contributed by atoms with E-state index in [9.17, 15) is 48.3 Å². The zero-order valence-corrected chi connectivity index (χ0v) is 42.0. The van der Waals surface area contributed by atoms with Gasteiger partial charge in [0.15, 0.2) is 11.9 Å². The summed E-state index contributed by atoms with van der Waals surface area (Å²) in [6.45, 7) is 1.39. The van der Waals surface area contributed by atoms with E-state index in [0.29, 0.717) is 11.1 Å². The Hall–Kier alpha value is -8.29. The molecule has 26 heteroatoms. The van der Waals surface area contributed by atoms with E-state index in [1.165, 1.54) is 6.92 Å². The fourth-order valence-electron chi connectivity index (χ4n) is 8.23. The minimum absolute atomic E-state index is 0.0404. The number of carboxylic acids is 1. The van der Waals surface area contributed by atoms with E-state index in [1.54, 1.807) is 42.6 Å². The van der Waals surface area contributed by atoms with Crippen LogP contribution >= 0.6 is 0 Å². The molecule has 4 rings (SSSR count). The number of benzene rings is 2. The van der Waals surface area contributed by atoms with Crippen molar-refractivity contribution in [1.29, 1.82) is 0 Å². The Morgan fingerprint density at radius 2 is 1.28 bits per heavy atom. The summed E-state index contributed by atoms with van der Waals surface area (Å²) in [7, 11) is 0. The molecule has 0 bridgehead atoms. The summed E-state index contributed by atoms with van der Waals surface area (Å²) < 4.78 is 0. The van der Waals surface area contributed by atoms with Crippen molar-refractivity contribution in [2.75, 3.05) is 26.2 Å². The highest BCUT2D eigenvalue weighted by molar-refractivity contribution is 5.98. The molecule has 26 nitrogen and oxygen atoms in total. The predicted molar refractivity (Wildman–Crippen MR) is 279 cm³/mol. The Labute approximate surface area is 433 Å². The number of nitrogens with two attached hydrogens (primary N) is 5. The van der Waals surface area contributed by atoms with Crippen LogP contribution in [0.3, 0.4) is 0 Å². The Morgan fingerprint density at radius 1 is 0.707 bits per heavy atom. The maximum atomic E-state index is 14.6. The average molecular weight is 1050 g/mol. The van der Waals surface area contributed by atoms with Gasteiger partial charge >= 0.3 is 5.97 Å². The SMILES string of the molecule is CC(=O)NC(CCCN=C(N)N)C(=O)NC1CCC(=O)NCCCC(C(=O)O)NC(=O)C(Cc2c[nH]c3ccccc23)NC(=O)C(CCCN=C(N)N)NC(=O)C(Cc2ccccc2)NC(=O)C(CCCN)NC1=O. The van der Waals surface area contributed by atoms with Crippen molar-refractivity contribution in [1.82, 2.24) is 47.5 Å². The number of carboxylic acid groups (broad SMARTS) is 1. The molecule has 1 aliphatic rings. The highest BCUT2D eigenvalue weighted by Crippen LogP contribution is 2.20. The van der Waals surface area contributed by atoms with Gasteiger partial charge in [0.1, 0.15) is 42.3 Å². The molecule has 7 atom stereocenters. The van der Waals surface area contributed by atoms with E-state index in [0.717, 1.165) is 10.9 Å². The molecular weight excluding hydrogens is 973 g/mol. The van der Waals surface area contributed by atoms with Gasteiger partial charge in [0.05, 0.1) is 0 Å². The number of nitrogens with zero attached hydrogens (tertiary/aromatic N) is 2. The number of hydrogen-bond donors (Lipinski definition) is 15. The summed E-state index contributed by atoms with van der Waals surface area (Å²) >= 11 is 0. The number of carbonyl (C=O) groups is 9. The maximum absolute atomic E-state index is 14.6. The largest absolute Gasteiger partial charge is 0.480 e. The highest BCUT2D eigenvalue weighted by atomic mass is 16.4. The van der Waals surface area contributed by atoms with Crippen molar-refractivity contribution in [3.63, 3.8) is 0 Å². The summed E-state index contributed by atoms with van der Waals surface area (Å²) in [6.07, 6.45) is 1.19. The molecule has 0 aliphatic carbocycles. The number of aromatic amines is 1. The number of aromatic nitrogens is 1. The molecule has 8 amide bonds. The average Bonchev–Trinajstić information content (AvgIpc) is 3.78. The monoisotopic (exact) mass is 1040 g/mol. The van der Waals surface area contributed by atoms with E-state index < -0.39 is 95.5 Å². The number of aliphatic imine (C=N–C) groups is 2. The molecule has 2 aromatic carbocycles. The number of para-hydroxylation sites is 1. The third-order valence-electron chi connectivity index (χ3n) is 12.1. The van der Waals surface area contributed by atoms with Crippen LogP contribution < -0.4 is 71.2 Å². The van der Waals surface area contributed by atoms with E-state index in [4.69, 9.17) is 28.7 Å². The fraction of sp³-hybridized carbons (Fsp3) is 0.490. The van der Waals surface area contributed by atoms with Gasteiger partial charge in [-0.15, -0.1) is 0 Å². The Morgan fingerprint density at radius 3 is 1.92 bits per heavy atom. The number of H-pyrrole nitrogens is 1. The number of rotatable bonds is 19. The van der Waals surface area contributed by atoms with Gasteiger partial charge in [-0.25, -0.2) is 4.79 Å². The number of aliphatic carboxylic acids is 1. The molecule has 1 aliphatic heterocycles. The fourth-order valence-corrected chi connectivity index (χ4v) is 8.23. The van der Waals surface area contributed by atoms with Crippen LogP contribution in [0.25, 0.3) is 10.9 Å². The summed E-state index contributed by atoms with van der Waals surface area (Å²) in [5.41, 5.74) is 29.8. The Balaban J connectivity index is 1.77. The maximum Gasteiger partial charge on any atom is 0.326 e. The zero-order valence-electron chi connectivity index (χ0n) is 42.0. The molecule has 7 unspecified atom stereocenters. The van der Waals surface area contributed by atoms with Crippen molar-refractivity contribution in [3.8, 4) is 0 Å². The number of amides is 8. The van der Waals surface area contributed by atoms with Gasteiger partial charge in [-0.2, -0.15) is 0 Å². The van der Waals surface area contributed by atoms with Crippen molar-refractivity contribution in [2.45, 2.75) is 126 Å². The molecule has 1 saturated heterocycles. The lowest BCUT2D eigenvalue weighted by Gasteiger charge is -2.28. The Bertz CT molecular complexity index is 2490. The van der Waals surface area contributed by atoms with Crippen LogP contribution in [0.15, 0.2) is 70.8 Å². The van der Waals surface area contributed by atoms with Crippen LogP contribution in [0.5, 0.6) is 0 Å². The standard InChI is InChI=1S/C49H72N16O10/c1-28(66)59-33(16-8-23-56-48(51)52)41(68)62-36-19-20-40(67)55-22-10-18-37(47(74)75)63-46(73)39(26-30-27-58-32-14-6-5-13-31(30)32)65-43(70)35(17-9-24-57-49(53)54)61-45(72)38(25-29-11-3-2-4-12-29)64-42(69)34(15-7-21-50)60-44(36)71/h2-6,11-14,27,33-39,58H,7-10,15-26,50H2,1H3,(H,55,67)(H,59,66)(H,60,71)(H,61,72)(H,62,68)(H,63,73)(H,64,69)(H,65,70)(H,74,75)(H4,51,52,56)(H4,53,54,57). The highest BCUT2D eigenvalue weighted by Gasteiger charge is 2.35. The number of hydrogen-bond acceptors (Lipinski definition) is 12. The van der Waals surface area contributed by atoms with Crippen LogP contribution in [0.2, 0.25) is 0 Å². The normalized spacial score (nSPS) is 21.1. The molecule has 20 N–H and O–H groups in total. The van der Waals surface area contributed by atoms with Crippen LogP contribution in [-0.2, 0) is 56.0 Å².